The van der Waals surface area contributed by atoms with Gasteiger partial charge < -0.3 is 19.1 Å². The minimum atomic E-state index is -0.466. The molecule has 1 spiro atoms. The van der Waals surface area contributed by atoms with Gasteiger partial charge in [0.25, 0.3) is 0 Å². The monoisotopic (exact) mass is 227 g/mol. The maximum absolute atomic E-state index is 11.6. The molecule has 0 aromatic carbocycles. The van der Waals surface area contributed by atoms with Crippen molar-refractivity contribution >= 4 is 6.09 Å². The normalized spacial score (nSPS) is 35.2. The van der Waals surface area contributed by atoms with Crippen LogP contribution in [0.1, 0.15) is 26.7 Å². The number of piperidine rings is 1. The van der Waals surface area contributed by atoms with Crippen molar-refractivity contribution in [3.05, 3.63) is 0 Å². The van der Waals surface area contributed by atoms with Gasteiger partial charge in [-0.1, -0.05) is 0 Å². The third kappa shape index (κ3) is 1.34. The van der Waals surface area contributed by atoms with Crippen LogP contribution in [-0.2, 0) is 14.2 Å². The zero-order valence-corrected chi connectivity index (χ0v) is 9.69. The van der Waals surface area contributed by atoms with E-state index >= 15 is 0 Å². The molecule has 3 fully saturated rings. The van der Waals surface area contributed by atoms with E-state index < -0.39 is 11.4 Å². The Kier molecular flexibility index (Phi) is 2.01. The lowest BCUT2D eigenvalue weighted by molar-refractivity contribution is -0.195. The van der Waals surface area contributed by atoms with E-state index in [9.17, 15) is 4.79 Å². The highest BCUT2D eigenvalue weighted by Gasteiger charge is 2.56. The first-order chi connectivity index (χ1) is 7.53. The second kappa shape index (κ2) is 3.11. The SMILES string of the molecule is CC1(C)OC(=O)N2CCC3(CC21)OCCO3. The fraction of sp³-hybridized carbons (Fsp3) is 0.909. The summed E-state index contributed by atoms with van der Waals surface area (Å²) in [7, 11) is 0. The van der Waals surface area contributed by atoms with E-state index in [2.05, 4.69) is 0 Å². The number of cyclic esters (lactones) is 1. The lowest BCUT2D eigenvalue weighted by Crippen LogP contribution is -2.54. The Morgan fingerprint density at radius 2 is 2.00 bits per heavy atom. The summed E-state index contributed by atoms with van der Waals surface area (Å²) < 4.78 is 16.8. The summed E-state index contributed by atoms with van der Waals surface area (Å²) in [6.45, 7) is 5.86. The average Bonchev–Trinajstić information content (AvgIpc) is 2.73. The molecule has 3 rings (SSSR count). The molecule has 16 heavy (non-hydrogen) atoms. The molecule has 0 saturated carbocycles. The molecule has 0 aromatic heterocycles. The third-order valence-corrected chi connectivity index (χ3v) is 3.82. The number of carbonyl (C=O) groups is 1. The Balaban J connectivity index is 1.85. The number of fused-ring (bicyclic) bond motifs is 1. The molecule has 3 aliphatic heterocycles. The average molecular weight is 227 g/mol. The van der Waals surface area contributed by atoms with Crippen molar-refractivity contribution in [2.45, 2.75) is 44.1 Å². The summed E-state index contributed by atoms with van der Waals surface area (Å²) >= 11 is 0. The second-order valence-corrected chi connectivity index (χ2v) is 5.24. The van der Waals surface area contributed by atoms with Crippen LogP contribution in [0.15, 0.2) is 0 Å². The number of ether oxygens (including phenoxy) is 3. The van der Waals surface area contributed by atoms with Crippen LogP contribution in [0.3, 0.4) is 0 Å². The molecule has 3 heterocycles. The highest BCUT2D eigenvalue weighted by molar-refractivity contribution is 5.71. The second-order valence-electron chi connectivity index (χ2n) is 5.24. The van der Waals surface area contributed by atoms with Gasteiger partial charge in [-0.15, -0.1) is 0 Å². The Hall–Kier alpha value is -0.810. The minimum Gasteiger partial charge on any atom is -0.441 e. The molecule has 0 bridgehead atoms. The van der Waals surface area contributed by atoms with Crippen molar-refractivity contribution in [3.63, 3.8) is 0 Å². The van der Waals surface area contributed by atoms with E-state index in [0.29, 0.717) is 26.2 Å². The van der Waals surface area contributed by atoms with Gasteiger partial charge in [-0.05, 0) is 13.8 Å². The zero-order valence-electron chi connectivity index (χ0n) is 9.69. The van der Waals surface area contributed by atoms with E-state index in [4.69, 9.17) is 14.2 Å². The van der Waals surface area contributed by atoms with Crippen LogP contribution in [0.5, 0.6) is 0 Å². The van der Waals surface area contributed by atoms with Crippen LogP contribution in [0.2, 0.25) is 0 Å². The van der Waals surface area contributed by atoms with Crippen LogP contribution in [0, 0.1) is 0 Å². The predicted molar refractivity (Wildman–Crippen MR) is 54.9 cm³/mol. The van der Waals surface area contributed by atoms with E-state index in [-0.39, 0.29) is 12.1 Å². The third-order valence-electron chi connectivity index (χ3n) is 3.82. The van der Waals surface area contributed by atoms with Gasteiger partial charge in [0.15, 0.2) is 5.79 Å². The van der Waals surface area contributed by atoms with Gasteiger partial charge in [-0.3, -0.25) is 0 Å². The molecule has 5 heteroatoms. The van der Waals surface area contributed by atoms with E-state index in [0.717, 1.165) is 6.42 Å². The molecule has 0 radical (unpaired) electrons. The first-order valence-corrected chi connectivity index (χ1v) is 5.80. The molecule has 1 amide bonds. The maximum Gasteiger partial charge on any atom is 0.410 e. The standard InChI is InChI=1S/C11H17NO4/c1-10(2)8-7-11(14-5-6-15-11)3-4-12(8)9(13)16-10/h8H,3-7H2,1-2H3. The fourth-order valence-corrected chi connectivity index (χ4v) is 2.90. The van der Waals surface area contributed by atoms with E-state index in [1.807, 2.05) is 13.8 Å². The summed E-state index contributed by atoms with van der Waals surface area (Å²) in [6.07, 6.45) is 1.25. The molecule has 3 aliphatic rings. The van der Waals surface area contributed by atoms with Gasteiger partial charge in [0.05, 0.1) is 19.3 Å². The number of nitrogens with zero attached hydrogens (tertiary/aromatic N) is 1. The van der Waals surface area contributed by atoms with Crippen molar-refractivity contribution in [2.75, 3.05) is 19.8 Å². The quantitative estimate of drug-likeness (QED) is 0.622. The summed E-state index contributed by atoms with van der Waals surface area (Å²) in [4.78, 5) is 13.5. The highest BCUT2D eigenvalue weighted by Crippen LogP contribution is 2.42. The largest absolute Gasteiger partial charge is 0.441 e. The van der Waals surface area contributed by atoms with E-state index in [1.165, 1.54) is 0 Å². The van der Waals surface area contributed by atoms with Gasteiger partial charge in [0.1, 0.15) is 5.60 Å². The van der Waals surface area contributed by atoms with Crippen molar-refractivity contribution in [3.8, 4) is 0 Å². The number of rotatable bonds is 0. The predicted octanol–water partition coefficient (Wildman–Crippen LogP) is 1.12. The number of hydrogen-bond donors (Lipinski definition) is 0. The number of carbonyl (C=O) groups excluding carboxylic acids is 1. The summed E-state index contributed by atoms with van der Waals surface area (Å²) in [5.41, 5.74) is -0.445. The topological polar surface area (TPSA) is 48.0 Å². The molecule has 0 N–H and O–H groups in total. The Morgan fingerprint density at radius 1 is 1.31 bits per heavy atom. The van der Waals surface area contributed by atoms with Crippen molar-refractivity contribution in [1.29, 1.82) is 0 Å². The maximum atomic E-state index is 11.6. The molecule has 90 valence electrons. The molecule has 3 saturated heterocycles. The molecule has 1 atom stereocenters. The van der Waals surface area contributed by atoms with Crippen LogP contribution in [0.25, 0.3) is 0 Å². The van der Waals surface area contributed by atoms with Crippen molar-refractivity contribution in [1.82, 2.24) is 4.90 Å². The first kappa shape index (κ1) is 10.4. The Bertz CT molecular complexity index is 322. The molecule has 5 nitrogen and oxygen atoms in total. The van der Waals surface area contributed by atoms with Crippen molar-refractivity contribution in [2.24, 2.45) is 0 Å². The lowest BCUT2D eigenvalue weighted by Gasteiger charge is -2.41. The first-order valence-electron chi connectivity index (χ1n) is 5.80. The van der Waals surface area contributed by atoms with Gasteiger partial charge in [-0.2, -0.15) is 0 Å². The molecule has 0 aromatic rings. The number of amides is 1. The number of hydrogen-bond acceptors (Lipinski definition) is 4. The van der Waals surface area contributed by atoms with Crippen LogP contribution in [0.4, 0.5) is 4.79 Å². The van der Waals surface area contributed by atoms with Crippen LogP contribution >= 0.6 is 0 Å². The molecular weight excluding hydrogens is 210 g/mol. The highest BCUT2D eigenvalue weighted by atomic mass is 16.7. The van der Waals surface area contributed by atoms with E-state index in [1.54, 1.807) is 4.90 Å². The molecular formula is C11H17NO4. The summed E-state index contributed by atoms with van der Waals surface area (Å²) in [5.74, 6) is -0.466. The summed E-state index contributed by atoms with van der Waals surface area (Å²) in [6, 6.07) is 0.0619. The van der Waals surface area contributed by atoms with Gasteiger partial charge in [0.2, 0.25) is 0 Å². The Labute approximate surface area is 94.6 Å². The smallest absolute Gasteiger partial charge is 0.410 e. The molecule has 1 unspecified atom stereocenters. The van der Waals surface area contributed by atoms with Gasteiger partial charge >= 0.3 is 6.09 Å². The van der Waals surface area contributed by atoms with Crippen LogP contribution < -0.4 is 0 Å². The molecule has 0 aliphatic carbocycles. The van der Waals surface area contributed by atoms with Crippen LogP contribution in [-0.4, -0.2) is 48.2 Å². The summed E-state index contributed by atoms with van der Waals surface area (Å²) in [5, 5.41) is 0. The fourth-order valence-electron chi connectivity index (χ4n) is 2.90. The Morgan fingerprint density at radius 3 is 2.69 bits per heavy atom. The zero-order chi connectivity index (χ0) is 11.4. The lowest BCUT2D eigenvalue weighted by atomic mass is 9.87. The van der Waals surface area contributed by atoms with Gasteiger partial charge in [-0.25, -0.2) is 4.79 Å². The van der Waals surface area contributed by atoms with Crippen molar-refractivity contribution < 1.29 is 19.0 Å². The van der Waals surface area contributed by atoms with Gasteiger partial charge in [0, 0.05) is 19.4 Å². The minimum absolute atomic E-state index is 0.0619.